The van der Waals surface area contributed by atoms with E-state index >= 15 is 0 Å². The highest BCUT2D eigenvalue weighted by atomic mass is 16.3. The summed E-state index contributed by atoms with van der Waals surface area (Å²) >= 11 is 0. The monoisotopic (exact) mass is 392 g/mol. The number of aliphatic hydroxyl groups is 4. The van der Waals surface area contributed by atoms with E-state index in [9.17, 15) is 10.2 Å². The van der Waals surface area contributed by atoms with Crippen molar-refractivity contribution >= 4 is 0 Å². The van der Waals surface area contributed by atoms with Gasteiger partial charge in [-0.15, -0.1) is 0 Å². The molecule has 0 aromatic carbocycles. The van der Waals surface area contributed by atoms with Gasteiger partial charge in [-0.25, -0.2) is 0 Å². The Labute approximate surface area is 165 Å². The predicted octanol–water partition coefficient (Wildman–Crippen LogP) is -1.36. The maximum absolute atomic E-state index is 9.32. The van der Waals surface area contributed by atoms with E-state index in [1.165, 1.54) is 0 Å². The molecule has 8 heteroatoms. The lowest BCUT2D eigenvalue weighted by Gasteiger charge is -2.26. The first-order chi connectivity index (χ1) is 13.2. The molecule has 0 aliphatic carbocycles. The van der Waals surface area contributed by atoms with E-state index in [1.54, 1.807) is 0 Å². The zero-order valence-electron chi connectivity index (χ0n) is 17.4. The smallest absolute Gasteiger partial charge is 0.0558 e. The van der Waals surface area contributed by atoms with E-state index in [4.69, 9.17) is 10.2 Å². The molecular weight excluding hydrogens is 348 g/mol. The molecule has 0 aromatic heterocycles. The van der Waals surface area contributed by atoms with Gasteiger partial charge >= 0.3 is 0 Å². The van der Waals surface area contributed by atoms with Gasteiger partial charge in [0.2, 0.25) is 0 Å². The van der Waals surface area contributed by atoms with Crippen molar-refractivity contribution in [3.63, 3.8) is 0 Å². The Bertz CT molecular complexity index is 295. The third-order valence-electron chi connectivity index (χ3n) is 4.58. The first-order valence-electron chi connectivity index (χ1n) is 10.5. The third kappa shape index (κ3) is 16.3. The third-order valence-corrected chi connectivity index (χ3v) is 4.58. The normalized spacial score (nSPS) is 12.0. The van der Waals surface area contributed by atoms with Gasteiger partial charge in [0.15, 0.2) is 0 Å². The van der Waals surface area contributed by atoms with Crippen molar-refractivity contribution < 1.29 is 20.4 Å². The van der Waals surface area contributed by atoms with E-state index in [-0.39, 0.29) is 26.4 Å². The molecule has 0 aromatic rings. The standard InChI is InChI=1S/C19H44N4O4/c1-2-7-21(13-17-25)8-3-9-22(14-18-26)10-4-11-23(15-19-27)12-5-20-6-16-24/h20,24-27H,2-19H2,1H3. The highest BCUT2D eigenvalue weighted by Gasteiger charge is 2.09. The van der Waals surface area contributed by atoms with E-state index in [0.717, 1.165) is 71.6 Å². The Morgan fingerprint density at radius 1 is 0.519 bits per heavy atom. The van der Waals surface area contributed by atoms with Gasteiger partial charge in [0.05, 0.1) is 26.4 Å². The Morgan fingerprint density at radius 2 is 0.963 bits per heavy atom. The Kier molecular flexibility index (Phi) is 20.2. The first-order valence-corrected chi connectivity index (χ1v) is 10.5. The Balaban J connectivity index is 4.11. The van der Waals surface area contributed by atoms with Crippen LogP contribution in [0.5, 0.6) is 0 Å². The summed E-state index contributed by atoms with van der Waals surface area (Å²) in [5.41, 5.74) is 0. The minimum Gasteiger partial charge on any atom is -0.395 e. The van der Waals surface area contributed by atoms with Crippen molar-refractivity contribution in [3.05, 3.63) is 0 Å². The molecule has 0 aliphatic heterocycles. The van der Waals surface area contributed by atoms with Crippen molar-refractivity contribution in [1.29, 1.82) is 0 Å². The van der Waals surface area contributed by atoms with Crippen molar-refractivity contribution in [2.75, 3.05) is 98.4 Å². The fourth-order valence-electron chi connectivity index (χ4n) is 3.22. The zero-order chi connectivity index (χ0) is 20.2. The molecule has 0 saturated carbocycles. The van der Waals surface area contributed by atoms with Crippen LogP contribution in [0.1, 0.15) is 26.2 Å². The van der Waals surface area contributed by atoms with Crippen LogP contribution in [0.4, 0.5) is 0 Å². The topological polar surface area (TPSA) is 103 Å². The lowest BCUT2D eigenvalue weighted by Crippen LogP contribution is -2.38. The molecule has 0 aliphatic rings. The van der Waals surface area contributed by atoms with Gasteiger partial charge in [0.1, 0.15) is 0 Å². The molecule has 164 valence electrons. The van der Waals surface area contributed by atoms with E-state index in [0.29, 0.717) is 19.6 Å². The second-order valence-corrected chi connectivity index (χ2v) is 6.88. The van der Waals surface area contributed by atoms with Crippen molar-refractivity contribution in [2.45, 2.75) is 26.2 Å². The maximum atomic E-state index is 9.32. The average Bonchev–Trinajstić information content (AvgIpc) is 2.65. The predicted molar refractivity (Wildman–Crippen MR) is 110 cm³/mol. The van der Waals surface area contributed by atoms with E-state index in [1.807, 2.05) is 0 Å². The van der Waals surface area contributed by atoms with Crippen LogP contribution >= 0.6 is 0 Å². The Morgan fingerprint density at radius 3 is 1.37 bits per heavy atom. The van der Waals surface area contributed by atoms with Crippen LogP contribution < -0.4 is 5.32 Å². The summed E-state index contributed by atoms with van der Waals surface area (Å²) in [6.07, 6.45) is 3.12. The SMILES string of the molecule is CCCN(CCO)CCCN(CCO)CCCN(CCO)CCNCCO. The van der Waals surface area contributed by atoms with Crippen LogP contribution in [0.15, 0.2) is 0 Å². The van der Waals surface area contributed by atoms with Crippen LogP contribution in [0.25, 0.3) is 0 Å². The van der Waals surface area contributed by atoms with Gasteiger partial charge in [-0.1, -0.05) is 6.92 Å². The molecule has 0 atom stereocenters. The van der Waals surface area contributed by atoms with Crippen LogP contribution in [-0.4, -0.2) is 134 Å². The van der Waals surface area contributed by atoms with Crippen molar-refractivity contribution in [1.82, 2.24) is 20.0 Å². The first kappa shape index (κ1) is 26.7. The molecule has 0 fully saturated rings. The number of hydrogen-bond donors (Lipinski definition) is 5. The molecule has 0 bridgehead atoms. The second-order valence-electron chi connectivity index (χ2n) is 6.88. The van der Waals surface area contributed by atoms with Gasteiger partial charge in [0.25, 0.3) is 0 Å². The summed E-state index contributed by atoms with van der Waals surface area (Å²) in [4.78, 5) is 6.81. The average molecular weight is 393 g/mol. The molecular formula is C19H44N4O4. The summed E-state index contributed by atoms with van der Waals surface area (Å²) in [6, 6.07) is 0. The molecule has 5 N–H and O–H groups in total. The fourth-order valence-corrected chi connectivity index (χ4v) is 3.22. The molecule has 27 heavy (non-hydrogen) atoms. The van der Waals surface area contributed by atoms with Gasteiger partial charge in [-0.05, 0) is 52.0 Å². The maximum Gasteiger partial charge on any atom is 0.0558 e. The number of hydrogen-bond acceptors (Lipinski definition) is 8. The van der Waals surface area contributed by atoms with Crippen molar-refractivity contribution in [3.8, 4) is 0 Å². The summed E-state index contributed by atoms with van der Waals surface area (Å²) in [5, 5.41) is 39.6. The van der Waals surface area contributed by atoms with Gasteiger partial charge < -0.3 is 35.5 Å². The van der Waals surface area contributed by atoms with Crippen molar-refractivity contribution in [2.24, 2.45) is 0 Å². The lowest BCUT2D eigenvalue weighted by molar-refractivity contribution is 0.156. The molecule has 0 spiro atoms. The summed E-state index contributed by atoms with van der Waals surface area (Å²) < 4.78 is 0. The van der Waals surface area contributed by atoms with Crippen LogP contribution in [0.3, 0.4) is 0 Å². The minimum atomic E-state index is 0.143. The lowest BCUT2D eigenvalue weighted by atomic mass is 10.3. The highest BCUT2D eigenvalue weighted by molar-refractivity contribution is 4.65. The minimum absolute atomic E-state index is 0.143. The molecule has 0 amide bonds. The summed E-state index contributed by atoms with van der Waals surface area (Å²) in [6.45, 7) is 11.9. The largest absolute Gasteiger partial charge is 0.395 e. The van der Waals surface area contributed by atoms with Crippen LogP contribution in [0, 0.1) is 0 Å². The van der Waals surface area contributed by atoms with E-state index in [2.05, 4.69) is 26.9 Å². The second kappa shape index (κ2) is 20.4. The molecule has 0 rings (SSSR count). The van der Waals surface area contributed by atoms with Gasteiger partial charge in [-0.2, -0.15) is 0 Å². The fraction of sp³-hybridized carbons (Fsp3) is 1.00. The summed E-state index contributed by atoms with van der Waals surface area (Å²) in [7, 11) is 0. The number of rotatable bonds is 21. The van der Waals surface area contributed by atoms with Crippen LogP contribution in [-0.2, 0) is 0 Å². The number of nitrogens with one attached hydrogen (secondary N) is 1. The number of nitrogens with zero attached hydrogens (tertiary/aromatic N) is 3. The molecule has 0 unspecified atom stereocenters. The summed E-state index contributed by atoms with van der Waals surface area (Å²) in [5.74, 6) is 0. The highest BCUT2D eigenvalue weighted by Crippen LogP contribution is 2.00. The number of aliphatic hydroxyl groups excluding tert-OH is 4. The molecule has 0 saturated heterocycles. The molecule has 0 heterocycles. The zero-order valence-corrected chi connectivity index (χ0v) is 17.4. The van der Waals surface area contributed by atoms with Crippen LogP contribution in [0.2, 0.25) is 0 Å². The molecule has 0 radical (unpaired) electrons. The van der Waals surface area contributed by atoms with Gasteiger partial charge in [0, 0.05) is 39.3 Å². The van der Waals surface area contributed by atoms with Gasteiger partial charge in [-0.3, -0.25) is 4.90 Å². The molecule has 8 nitrogen and oxygen atoms in total. The van der Waals surface area contributed by atoms with E-state index < -0.39 is 0 Å². The quantitative estimate of drug-likeness (QED) is 0.153. The Hall–Kier alpha value is -0.320.